The summed E-state index contributed by atoms with van der Waals surface area (Å²) in [7, 11) is -3.85. The molecule has 186 valence electrons. The summed E-state index contributed by atoms with van der Waals surface area (Å²) in [5.41, 5.74) is 4.34. The van der Waals surface area contributed by atoms with E-state index in [1.54, 1.807) is 32.0 Å². The van der Waals surface area contributed by atoms with Gasteiger partial charge < -0.3 is 14.6 Å². The van der Waals surface area contributed by atoms with Crippen molar-refractivity contribution in [1.82, 2.24) is 15.1 Å². The Labute approximate surface area is 209 Å². The Kier molecular flexibility index (Phi) is 7.02. The fourth-order valence-electron chi connectivity index (χ4n) is 3.40. The van der Waals surface area contributed by atoms with Gasteiger partial charge in [-0.05, 0) is 61.7 Å². The first-order valence-corrected chi connectivity index (χ1v) is 12.6. The molecular formula is C25H26N6O4S. The van der Waals surface area contributed by atoms with Gasteiger partial charge in [0.05, 0.1) is 16.3 Å². The summed E-state index contributed by atoms with van der Waals surface area (Å²) in [5.74, 6) is 1.42. The lowest BCUT2D eigenvalue weighted by atomic mass is 9.99. The molecule has 0 fully saturated rings. The van der Waals surface area contributed by atoms with E-state index >= 15 is 0 Å². The van der Waals surface area contributed by atoms with Crippen molar-refractivity contribution >= 4 is 33.8 Å². The second-order valence-corrected chi connectivity index (χ2v) is 10.1. The summed E-state index contributed by atoms with van der Waals surface area (Å²) in [6, 6.07) is 13.8. The predicted molar refractivity (Wildman–Crippen MR) is 137 cm³/mol. The zero-order valence-electron chi connectivity index (χ0n) is 20.2. The maximum Gasteiger partial charge on any atom is 0.264 e. The molecule has 4 aromatic rings. The van der Waals surface area contributed by atoms with E-state index in [1.807, 2.05) is 18.2 Å². The Morgan fingerprint density at radius 3 is 2.44 bits per heavy atom. The standard InChI is InChI=1S/C25H26N6O4S/c1-15(2)18-5-10-23(34-13-26)21(11-18)22-12-24(28-14-27-22)29-19-6-8-20(9-7-19)36(32,33)31-25-16(3)17(4)30-35-25/h5-15,26,31H,1-4H3,(H,27,28,29). The molecule has 0 saturated carbocycles. The molecule has 10 nitrogen and oxygen atoms in total. The fraction of sp³-hybridized carbons (Fsp3) is 0.200. The van der Waals surface area contributed by atoms with Gasteiger partial charge in [-0.3, -0.25) is 5.41 Å². The van der Waals surface area contributed by atoms with Crippen LogP contribution in [0.3, 0.4) is 0 Å². The van der Waals surface area contributed by atoms with E-state index in [0.29, 0.717) is 40.1 Å². The highest BCUT2D eigenvalue weighted by atomic mass is 32.2. The van der Waals surface area contributed by atoms with Crippen molar-refractivity contribution in [2.24, 2.45) is 0 Å². The van der Waals surface area contributed by atoms with Gasteiger partial charge >= 0.3 is 0 Å². The van der Waals surface area contributed by atoms with Gasteiger partial charge in [0.25, 0.3) is 10.0 Å². The highest BCUT2D eigenvalue weighted by Crippen LogP contribution is 2.33. The largest absolute Gasteiger partial charge is 0.446 e. The number of rotatable bonds is 9. The Bertz CT molecular complexity index is 1500. The summed E-state index contributed by atoms with van der Waals surface area (Å²) < 4.78 is 38.3. The third kappa shape index (κ3) is 5.36. The molecule has 0 bridgehead atoms. The molecule has 0 unspecified atom stereocenters. The second kappa shape index (κ2) is 10.2. The molecule has 2 aromatic heterocycles. The van der Waals surface area contributed by atoms with Gasteiger partial charge in [0.15, 0.2) is 6.40 Å². The van der Waals surface area contributed by atoms with Crippen LogP contribution in [0.4, 0.5) is 17.4 Å². The van der Waals surface area contributed by atoms with Crippen LogP contribution in [0.1, 0.15) is 36.6 Å². The molecule has 0 aliphatic heterocycles. The summed E-state index contributed by atoms with van der Waals surface area (Å²) in [6.07, 6.45) is 2.31. The van der Waals surface area contributed by atoms with Gasteiger partial charge in [-0.25, -0.2) is 23.1 Å². The van der Waals surface area contributed by atoms with Crippen LogP contribution in [0.25, 0.3) is 11.3 Å². The minimum absolute atomic E-state index is 0.0730. The maximum absolute atomic E-state index is 12.7. The number of ether oxygens (including phenoxy) is 1. The smallest absolute Gasteiger partial charge is 0.264 e. The van der Waals surface area contributed by atoms with Crippen molar-refractivity contribution < 1.29 is 17.7 Å². The van der Waals surface area contributed by atoms with Crippen LogP contribution < -0.4 is 14.8 Å². The van der Waals surface area contributed by atoms with Crippen molar-refractivity contribution in [1.29, 1.82) is 5.41 Å². The van der Waals surface area contributed by atoms with Gasteiger partial charge in [0, 0.05) is 22.9 Å². The topological polar surface area (TPSA) is 143 Å². The Morgan fingerprint density at radius 2 is 1.81 bits per heavy atom. The molecule has 0 radical (unpaired) electrons. The minimum atomic E-state index is -3.85. The van der Waals surface area contributed by atoms with E-state index < -0.39 is 10.0 Å². The number of nitrogens with zero attached hydrogens (tertiary/aromatic N) is 3. The molecule has 3 N–H and O–H groups in total. The zero-order valence-corrected chi connectivity index (χ0v) is 21.1. The number of hydrogen-bond donors (Lipinski definition) is 3. The number of nitrogens with one attached hydrogen (secondary N) is 3. The average molecular weight is 507 g/mol. The van der Waals surface area contributed by atoms with E-state index in [1.165, 1.54) is 18.5 Å². The fourth-order valence-corrected chi connectivity index (χ4v) is 4.45. The molecule has 0 aliphatic carbocycles. The molecule has 4 rings (SSSR count). The third-order valence-corrected chi connectivity index (χ3v) is 6.97. The van der Waals surface area contributed by atoms with Crippen LogP contribution in [0, 0.1) is 19.3 Å². The van der Waals surface area contributed by atoms with E-state index in [2.05, 4.69) is 39.0 Å². The van der Waals surface area contributed by atoms with Crippen molar-refractivity contribution in [3.05, 3.63) is 71.7 Å². The Balaban J connectivity index is 1.56. The van der Waals surface area contributed by atoms with Gasteiger partial charge in [-0.15, -0.1) is 0 Å². The van der Waals surface area contributed by atoms with Crippen LogP contribution >= 0.6 is 0 Å². The molecule has 0 amide bonds. The molecular weight excluding hydrogens is 480 g/mol. The average Bonchev–Trinajstić information content (AvgIpc) is 3.16. The van der Waals surface area contributed by atoms with E-state index in [4.69, 9.17) is 14.7 Å². The van der Waals surface area contributed by atoms with Gasteiger partial charge in [-0.1, -0.05) is 25.1 Å². The van der Waals surface area contributed by atoms with Crippen molar-refractivity contribution in [3.63, 3.8) is 0 Å². The quantitative estimate of drug-likeness (QED) is 0.202. The van der Waals surface area contributed by atoms with Crippen LogP contribution in [0.15, 0.2) is 64.3 Å². The number of aryl methyl sites for hydroxylation is 1. The second-order valence-electron chi connectivity index (χ2n) is 8.41. The summed E-state index contributed by atoms with van der Waals surface area (Å²) in [6.45, 7) is 7.65. The van der Waals surface area contributed by atoms with Crippen LogP contribution in [-0.4, -0.2) is 29.9 Å². The first-order valence-electron chi connectivity index (χ1n) is 11.1. The number of aromatic nitrogens is 3. The third-order valence-electron chi connectivity index (χ3n) is 5.62. The highest BCUT2D eigenvalue weighted by molar-refractivity contribution is 7.92. The first kappa shape index (κ1) is 24.9. The maximum atomic E-state index is 12.7. The van der Waals surface area contributed by atoms with Crippen molar-refractivity contribution in [2.45, 2.75) is 38.5 Å². The molecule has 11 heteroatoms. The van der Waals surface area contributed by atoms with E-state index in [-0.39, 0.29) is 10.8 Å². The monoisotopic (exact) mass is 506 g/mol. The Morgan fingerprint density at radius 1 is 1.06 bits per heavy atom. The molecule has 0 saturated heterocycles. The van der Waals surface area contributed by atoms with Gasteiger partial charge in [-0.2, -0.15) is 0 Å². The molecule has 0 atom stereocenters. The lowest BCUT2D eigenvalue weighted by Crippen LogP contribution is -2.13. The Hall–Kier alpha value is -4.25. The van der Waals surface area contributed by atoms with Gasteiger partial charge in [0.1, 0.15) is 17.9 Å². The minimum Gasteiger partial charge on any atom is -0.446 e. The lowest BCUT2D eigenvalue weighted by Gasteiger charge is -2.13. The predicted octanol–water partition coefficient (Wildman–Crippen LogP) is 5.40. The van der Waals surface area contributed by atoms with Crippen LogP contribution in [-0.2, 0) is 10.0 Å². The van der Waals surface area contributed by atoms with E-state index in [9.17, 15) is 8.42 Å². The SMILES string of the molecule is Cc1noc(NS(=O)(=O)c2ccc(Nc3cc(-c4cc(C(C)C)ccc4OC=N)ncn3)cc2)c1C. The molecule has 2 aromatic carbocycles. The van der Waals surface area contributed by atoms with Crippen LogP contribution in [0.5, 0.6) is 5.75 Å². The molecule has 0 spiro atoms. The van der Waals surface area contributed by atoms with Crippen LogP contribution in [0.2, 0.25) is 0 Å². The summed E-state index contributed by atoms with van der Waals surface area (Å²) in [4.78, 5) is 8.73. The lowest BCUT2D eigenvalue weighted by molar-refractivity contribution is 0.430. The molecule has 2 heterocycles. The highest BCUT2D eigenvalue weighted by Gasteiger charge is 2.19. The molecule has 0 aliphatic rings. The first-order chi connectivity index (χ1) is 17.2. The number of hydrogen-bond acceptors (Lipinski definition) is 9. The summed E-state index contributed by atoms with van der Waals surface area (Å²) in [5, 5.41) is 14.2. The number of benzene rings is 2. The van der Waals surface area contributed by atoms with Gasteiger partial charge in [0.2, 0.25) is 5.88 Å². The van der Waals surface area contributed by atoms with E-state index in [0.717, 1.165) is 17.5 Å². The zero-order chi connectivity index (χ0) is 25.9. The number of anilines is 3. The van der Waals surface area contributed by atoms with Crippen molar-refractivity contribution in [3.8, 4) is 17.0 Å². The van der Waals surface area contributed by atoms with Crippen molar-refractivity contribution in [2.75, 3.05) is 10.0 Å². The number of sulfonamides is 1. The normalized spacial score (nSPS) is 11.4. The molecule has 36 heavy (non-hydrogen) atoms. The summed E-state index contributed by atoms with van der Waals surface area (Å²) >= 11 is 0.